The highest BCUT2D eigenvalue weighted by molar-refractivity contribution is 5.39. The van der Waals surface area contributed by atoms with Crippen LogP contribution in [0.1, 0.15) is 19.8 Å². The van der Waals surface area contributed by atoms with Crippen LogP contribution in [0.4, 0.5) is 0 Å². The molecule has 2 rings (SSSR count). The SMILES string of the molecule is CCCOc1ccccc1OC1COCCC1NC. The van der Waals surface area contributed by atoms with Gasteiger partial charge in [0.15, 0.2) is 11.5 Å². The number of hydrogen-bond acceptors (Lipinski definition) is 4. The van der Waals surface area contributed by atoms with Gasteiger partial charge in [-0.25, -0.2) is 0 Å². The Balaban J connectivity index is 2.04. The molecule has 4 nitrogen and oxygen atoms in total. The van der Waals surface area contributed by atoms with Gasteiger partial charge in [-0.2, -0.15) is 0 Å². The molecule has 0 spiro atoms. The molecule has 0 saturated carbocycles. The van der Waals surface area contributed by atoms with Gasteiger partial charge in [-0.15, -0.1) is 0 Å². The van der Waals surface area contributed by atoms with Gasteiger partial charge < -0.3 is 19.5 Å². The van der Waals surface area contributed by atoms with E-state index in [0.717, 1.165) is 30.9 Å². The van der Waals surface area contributed by atoms with Crippen molar-refractivity contribution in [3.05, 3.63) is 24.3 Å². The molecule has 0 aliphatic carbocycles. The third-order valence-corrected chi connectivity index (χ3v) is 3.26. The van der Waals surface area contributed by atoms with Gasteiger partial charge >= 0.3 is 0 Å². The van der Waals surface area contributed by atoms with E-state index >= 15 is 0 Å². The lowest BCUT2D eigenvalue weighted by atomic mass is 10.1. The Hall–Kier alpha value is -1.26. The van der Waals surface area contributed by atoms with Gasteiger partial charge in [0, 0.05) is 12.6 Å². The first-order valence-electron chi connectivity index (χ1n) is 6.98. The summed E-state index contributed by atoms with van der Waals surface area (Å²) in [4.78, 5) is 0. The average Bonchev–Trinajstić information content (AvgIpc) is 2.47. The van der Waals surface area contributed by atoms with Crippen LogP contribution in [0.2, 0.25) is 0 Å². The molecule has 1 N–H and O–H groups in total. The molecule has 19 heavy (non-hydrogen) atoms. The van der Waals surface area contributed by atoms with Crippen LogP contribution in [0.5, 0.6) is 11.5 Å². The first kappa shape index (κ1) is 14.2. The summed E-state index contributed by atoms with van der Waals surface area (Å²) in [5.74, 6) is 1.61. The highest BCUT2D eigenvalue weighted by atomic mass is 16.6. The lowest BCUT2D eigenvalue weighted by Gasteiger charge is -2.32. The van der Waals surface area contributed by atoms with Crippen molar-refractivity contribution < 1.29 is 14.2 Å². The van der Waals surface area contributed by atoms with Crippen molar-refractivity contribution in [2.24, 2.45) is 0 Å². The minimum absolute atomic E-state index is 0.0325. The van der Waals surface area contributed by atoms with Crippen molar-refractivity contribution in [1.82, 2.24) is 5.32 Å². The van der Waals surface area contributed by atoms with Gasteiger partial charge in [0.25, 0.3) is 0 Å². The minimum Gasteiger partial charge on any atom is -0.490 e. The second-order valence-electron chi connectivity index (χ2n) is 4.71. The van der Waals surface area contributed by atoms with E-state index in [9.17, 15) is 0 Å². The van der Waals surface area contributed by atoms with E-state index in [1.54, 1.807) is 0 Å². The van der Waals surface area contributed by atoms with E-state index < -0.39 is 0 Å². The topological polar surface area (TPSA) is 39.7 Å². The van der Waals surface area contributed by atoms with Gasteiger partial charge in [-0.1, -0.05) is 19.1 Å². The van der Waals surface area contributed by atoms with E-state index in [-0.39, 0.29) is 6.10 Å². The number of para-hydroxylation sites is 2. The largest absolute Gasteiger partial charge is 0.490 e. The summed E-state index contributed by atoms with van der Waals surface area (Å²) in [6.07, 6.45) is 1.99. The molecular weight excluding hydrogens is 242 g/mol. The molecular formula is C15H23NO3. The third-order valence-electron chi connectivity index (χ3n) is 3.26. The Morgan fingerprint density at radius 3 is 2.84 bits per heavy atom. The predicted molar refractivity (Wildman–Crippen MR) is 74.9 cm³/mol. The molecule has 4 heteroatoms. The van der Waals surface area contributed by atoms with Crippen LogP contribution in [0.25, 0.3) is 0 Å². The number of likely N-dealkylation sites (N-methyl/N-ethyl adjacent to an activating group) is 1. The predicted octanol–water partition coefficient (Wildman–Crippen LogP) is 2.23. The van der Waals surface area contributed by atoms with Crippen molar-refractivity contribution >= 4 is 0 Å². The van der Waals surface area contributed by atoms with Crippen molar-refractivity contribution in [2.45, 2.75) is 31.9 Å². The Morgan fingerprint density at radius 1 is 1.32 bits per heavy atom. The maximum absolute atomic E-state index is 6.07. The smallest absolute Gasteiger partial charge is 0.161 e. The molecule has 1 saturated heterocycles. The molecule has 0 amide bonds. The molecule has 2 unspecified atom stereocenters. The molecule has 1 fully saturated rings. The molecule has 0 bridgehead atoms. The van der Waals surface area contributed by atoms with E-state index in [1.165, 1.54) is 0 Å². The van der Waals surface area contributed by atoms with E-state index in [2.05, 4.69) is 12.2 Å². The first-order chi connectivity index (χ1) is 9.35. The molecule has 1 aromatic rings. The maximum atomic E-state index is 6.07. The van der Waals surface area contributed by atoms with Gasteiger partial charge in [0.05, 0.1) is 13.2 Å². The van der Waals surface area contributed by atoms with E-state index in [0.29, 0.717) is 19.3 Å². The normalized spacial score (nSPS) is 23.1. The Kier molecular flexibility index (Phi) is 5.48. The summed E-state index contributed by atoms with van der Waals surface area (Å²) < 4.78 is 17.3. The van der Waals surface area contributed by atoms with Gasteiger partial charge in [-0.3, -0.25) is 0 Å². The van der Waals surface area contributed by atoms with Crippen LogP contribution in [0.3, 0.4) is 0 Å². The van der Waals surface area contributed by atoms with Crippen molar-refractivity contribution in [1.29, 1.82) is 0 Å². The van der Waals surface area contributed by atoms with Crippen molar-refractivity contribution in [2.75, 3.05) is 26.9 Å². The van der Waals surface area contributed by atoms with Crippen molar-refractivity contribution in [3.63, 3.8) is 0 Å². The maximum Gasteiger partial charge on any atom is 0.161 e. The fraction of sp³-hybridized carbons (Fsp3) is 0.600. The third kappa shape index (κ3) is 3.85. The molecule has 2 atom stereocenters. The quantitative estimate of drug-likeness (QED) is 0.856. The van der Waals surface area contributed by atoms with Crippen LogP contribution in [0, 0.1) is 0 Å². The highest BCUT2D eigenvalue weighted by Gasteiger charge is 2.26. The number of nitrogens with one attached hydrogen (secondary N) is 1. The zero-order valence-corrected chi connectivity index (χ0v) is 11.7. The molecule has 1 aromatic carbocycles. The molecule has 1 aliphatic heterocycles. The highest BCUT2D eigenvalue weighted by Crippen LogP contribution is 2.29. The zero-order chi connectivity index (χ0) is 13.5. The number of rotatable bonds is 6. The Morgan fingerprint density at radius 2 is 2.11 bits per heavy atom. The lowest BCUT2D eigenvalue weighted by Crippen LogP contribution is -2.48. The van der Waals surface area contributed by atoms with Crippen LogP contribution >= 0.6 is 0 Å². The van der Waals surface area contributed by atoms with E-state index in [1.807, 2.05) is 31.3 Å². The number of benzene rings is 1. The minimum atomic E-state index is 0.0325. The molecule has 0 aromatic heterocycles. The van der Waals surface area contributed by atoms with Crippen molar-refractivity contribution in [3.8, 4) is 11.5 Å². The van der Waals surface area contributed by atoms with E-state index in [4.69, 9.17) is 14.2 Å². The van der Waals surface area contributed by atoms with Gasteiger partial charge in [-0.05, 0) is 32.0 Å². The first-order valence-corrected chi connectivity index (χ1v) is 6.98. The summed E-state index contributed by atoms with van der Waals surface area (Å²) in [5.41, 5.74) is 0. The standard InChI is InChI=1S/C15H23NO3/c1-3-9-18-13-6-4-5-7-14(13)19-15-11-17-10-8-12(15)16-2/h4-7,12,15-16H,3,8-11H2,1-2H3. The number of ether oxygens (including phenoxy) is 3. The van der Waals surface area contributed by atoms with Crippen LogP contribution in [-0.2, 0) is 4.74 Å². The fourth-order valence-corrected chi connectivity index (χ4v) is 2.20. The second kappa shape index (κ2) is 7.36. The lowest BCUT2D eigenvalue weighted by molar-refractivity contribution is -0.0140. The molecule has 1 heterocycles. The van der Waals surface area contributed by atoms with Crippen LogP contribution in [-0.4, -0.2) is 39.0 Å². The Labute approximate surface area is 115 Å². The number of hydrogen-bond donors (Lipinski definition) is 1. The molecule has 0 radical (unpaired) electrons. The Bertz CT molecular complexity index is 383. The summed E-state index contributed by atoms with van der Waals surface area (Å²) in [6, 6.07) is 8.15. The fourth-order valence-electron chi connectivity index (χ4n) is 2.20. The summed E-state index contributed by atoms with van der Waals surface area (Å²) in [6.45, 7) is 4.21. The average molecular weight is 265 g/mol. The molecule has 106 valence electrons. The molecule has 1 aliphatic rings. The zero-order valence-electron chi connectivity index (χ0n) is 11.7. The monoisotopic (exact) mass is 265 g/mol. The van der Waals surface area contributed by atoms with Gasteiger partial charge in [0.1, 0.15) is 6.10 Å². The summed E-state index contributed by atoms with van der Waals surface area (Å²) in [5, 5.41) is 3.29. The summed E-state index contributed by atoms with van der Waals surface area (Å²) in [7, 11) is 1.96. The summed E-state index contributed by atoms with van der Waals surface area (Å²) >= 11 is 0. The van der Waals surface area contributed by atoms with Crippen LogP contribution in [0.15, 0.2) is 24.3 Å². The van der Waals surface area contributed by atoms with Crippen LogP contribution < -0.4 is 14.8 Å². The second-order valence-corrected chi connectivity index (χ2v) is 4.71. The van der Waals surface area contributed by atoms with Gasteiger partial charge in [0.2, 0.25) is 0 Å².